The van der Waals surface area contributed by atoms with Crippen LogP contribution in [0.5, 0.6) is 0 Å². The molecule has 7 unspecified atom stereocenters. The largest absolute Gasteiger partial charge is 0.443 e. The molecule has 1 aromatic rings. The molecule has 3 fully saturated rings. The maximum atomic E-state index is 13.3. The SMILES string of the molecule is C#CC1CC1C1=CCC(OC)C(c2ccc(N3CCC3)nc2CN2C(=O)OC(C3C=C(C)CC(C)C3)C2C)=C1. The number of amides is 1. The van der Waals surface area contributed by atoms with E-state index >= 15 is 0 Å². The first-order chi connectivity index (χ1) is 18.9. The predicted molar refractivity (Wildman–Crippen MR) is 154 cm³/mol. The Labute approximate surface area is 233 Å². The summed E-state index contributed by atoms with van der Waals surface area (Å²) in [7, 11) is 1.77. The summed E-state index contributed by atoms with van der Waals surface area (Å²) >= 11 is 0. The maximum Gasteiger partial charge on any atom is 0.410 e. The number of hydrogen-bond donors (Lipinski definition) is 0. The second kappa shape index (κ2) is 10.5. The zero-order chi connectivity index (χ0) is 27.3. The van der Waals surface area contributed by atoms with Crippen molar-refractivity contribution in [2.24, 2.45) is 23.7 Å². The summed E-state index contributed by atoms with van der Waals surface area (Å²) in [6.45, 7) is 9.07. The fraction of sp³-hybridized carbons (Fsp3) is 0.576. The third-order valence-corrected chi connectivity index (χ3v) is 9.43. The second-order valence-corrected chi connectivity index (χ2v) is 12.3. The van der Waals surface area contributed by atoms with Crippen LogP contribution in [0.15, 0.2) is 41.5 Å². The zero-order valence-corrected chi connectivity index (χ0v) is 23.7. The van der Waals surface area contributed by atoms with Crippen LogP contribution in [0.25, 0.3) is 5.57 Å². The molecule has 0 radical (unpaired) electrons. The molecule has 0 spiro atoms. The number of nitrogens with zero attached hydrogens (tertiary/aromatic N) is 3. The number of methoxy groups -OCH3 is 1. The highest BCUT2D eigenvalue weighted by molar-refractivity contribution is 5.76. The van der Waals surface area contributed by atoms with Crippen molar-refractivity contribution in [1.29, 1.82) is 0 Å². The van der Waals surface area contributed by atoms with Crippen molar-refractivity contribution in [3.05, 3.63) is 52.8 Å². The first-order valence-corrected chi connectivity index (χ1v) is 14.7. The van der Waals surface area contributed by atoms with Crippen molar-refractivity contribution in [3.8, 4) is 12.3 Å². The average Bonchev–Trinajstić information content (AvgIpc) is 3.63. The average molecular weight is 528 g/mol. The Bertz CT molecular complexity index is 1270. The van der Waals surface area contributed by atoms with Crippen molar-refractivity contribution in [1.82, 2.24) is 9.88 Å². The molecule has 0 N–H and O–H groups in total. The van der Waals surface area contributed by atoms with Crippen LogP contribution in [0.4, 0.5) is 10.6 Å². The van der Waals surface area contributed by atoms with Gasteiger partial charge in [0.15, 0.2) is 0 Å². The Hall–Kier alpha value is -3.04. The summed E-state index contributed by atoms with van der Waals surface area (Å²) in [6.07, 6.45) is 17.4. The van der Waals surface area contributed by atoms with Gasteiger partial charge in [-0.15, -0.1) is 12.3 Å². The highest BCUT2D eigenvalue weighted by Gasteiger charge is 2.44. The van der Waals surface area contributed by atoms with Crippen LogP contribution in [-0.2, 0) is 16.0 Å². The van der Waals surface area contributed by atoms with Crippen LogP contribution in [0, 0.1) is 36.0 Å². The monoisotopic (exact) mass is 527 g/mol. The summed E-state index contributed by atoms with van der Waals surface area (Å²) in [5, 5.41) is 0. The molecule has 7 atom stereocenters. The zero-order valence-electron chi connectivity index (χ0n) is 23.7. The van der Waals surface area contributed by atoms with Gasteiger partial charge in [-0.1, -0.05) is 30.7 Å². The predicted octanol–water partition coefficient (Wildman–Crippen LogP) is 5.99. The molecular formula is C33H41N3O3. The van der Waals surface area contributed by atoms with Gasteiger partial charge in [-0.3, -0.25) is 4.90 Å². The highest BCUT2D eigenvalue weighted by atomic mass is 16.6. The molecule has 6 nitrogen and oxygen atoms in total. The number of rotatable bonds is 7. The van der Waals surface area contributed by atoms with E-state index in [2.05, 4.69) is 62.0 Å². The minimum atomic E-state index is -0.241. The lowest BCUT2D eigenvalue weighted by atomic mass is 9.79. The minimum Gasteiger partial charge on any atom is -0.443 e. The van der Waals surface area contributed by atoms with Gasteiger partial charge in [0.2, 0.25) is 0 Å². The number of ether oxygens (including phenoxy) is 2. The third-order valence-electron chi connectivity index (χ3n) is 9.43. The number of pyridine rings is 1. The summed E-state index contributed by atoms with van der Waals surface area (Å²) in [5.41, 5.74) is 5.80. The number of allylic oxidation sites excluding steroid dienone is 3. The van der Waals surface area contributed by atoms with E-state index in [1.165, 1.54) is 17.6 Å². The molecule has 3 heterocycles. The van der Waals surface area contributed by atoms with E-state index in [0.717, 1.165) is 61.4 Å². The van der Waals surface area contributed by atoms with E-state index in [1.807, 2.05) is 4.90 Å². The van der Waals surface area contributed by atoms with E-state index in [0.29, 0.717) is 24.3 Å². The van der Waals surface area contributed by atoms with Crippen molar-refractivity contribution < 1.29 is 14.3 Å². The van der Waals surface area contributed by atoms with Gasteiger partial charge >= 0.3 is 6.09 Å². The van der Waals surface area contributed by atoms with Crippen LogP contribution < -0.4 is 4.90 Å². The third kappa shape index (κ3) is 5.02. The first kappa shape index (κ1) is 26.2. The molecule has 2 aliphatic heterocycles. The van der Waals surface area contributed by atoms with Gasteiger partial charge in [-0.25, -0.2) is 9.78 Å². The normalized spacial score (nSPS) is 34.0. The Balaban J connectivity index is 1.32. The van der Waals surface area contributed by atoms with Crippen molar-refractivity contribution in [2.45, 2.75) is 77.7 Å². The smallest absolute Gasteiger partial charge is 0.410 e. The number of aromatic nitrogens is 1. The lowest BCUT2D eigenvalue weighted by molar-refractivity contribution is 0.0968. The van der Waals surface area contributed by atoms with Crippen LogP contribution in [0.3, 0.4) is 0 Å². The van der Waals surface area contributed by atoms with Gasteiger partial charge < -0.3 is 14.4 Å². The Morgan fingerprint density at radius 2 is 2.05 bits per heavy atom. The van der Waals surface area contributed by atoms with Gasteiger partial charge in [-0.05, 0) is 81.1 Å². The number of carbonyl (C=O) groups excluding carboxylic acids is 1. The molecule has 3 aliphatic carbocycles. The van der Waals surface area contributed by atoms with E-state index < -0.39 is 0 Å². The van der Waals surface area contributed by atoms with Crippen LogP contribution >= 0.6 is 0 Å². The Morgan fingerprint density at radius 1 is 1.23 bits per heavy atom. The standard InChI is InChI=1S/C33H41N3O3/c1-6-23-17-27(23)24-8-10-30(38-5)28(18-24)26-9-11-31(35-12-7-13-35)34-29(26)19-36-22(4)32(39-33(36)37)25-15-20(2)14-21(3)16-25/h1,8-9,11,15,18,21-23,25,27,30,32H,7,10,12-14,16-17,19H2,2-5H3. The molecular weight excluding hydrogens is 486 g/mol. The number of anilines is 1. The second-order valence-electron chi connectivity index (χ2n) is 12.3. The fourth-order valence-electron chi connectivity index (χ4n) is 7.05. The highest BCUT2D eigenvalue weighted by Crippen LogP contribution is 2.47. The van der Waals surface area contributed by atoms with Crippen LogP contribution in [0.2, 0.25) is 0 Å². The molecule has 2 saturated heterocycles. The van der Waals surface area contributed by atoms with Gasteiger partial charge in [-0.2, -0.15) is 0 Å². The lowest BCUT2D eigenvalue weighted by Gasteiger charge is -2.33. The summed E-state index contributed by atoms with van der Waals surface area (Å²) in [5.74, 6) is 5.53. The maximum absolute atomic E-state index is 13.3. The van der Waals surface area contributed by atoms with Gasteiger partial charge in [0.1, 0.15) is 11.9 Å². The number of hydrogen-bond acceptors (Lipinski definition) is 5. The molecule has 0 aromatic carbocycles. The quantitative estimate of drug-likeness (QED) is 0.322. The topological polar surface area (TPSA) is 54.9 Å². The van der Waals surface area contributed by atoms with E-state index in [9.17, 15) is 4.79 Å². The van der Waals surface area contributed by atoms with E-state index in [1.54, 1.807) is 7.11 Å². The summed E-state index contributed by atoms with van der Waals surface area (Å²) in [4.78, 5) is 22.6. The molecule has 1 amide bonds. The first-order valence-electron chi connectivity index (χ1n) is 14.7. The molecule has 0 bridgehead atoms. The number of carbonyl (C=O) groups is 1. The Morgan fingerprint density at radius 3 is 2.72 bits per heavy atom. The Kier molecular flexibility index (Phi) is 7.05. The molecule has 6 rings (SSSR count). The van der Waals surface area contributed by atoms with Gasteiger partial charge in [0, 0.05) is 37.6 Å². The van der Waals surface area contributed by atoms with Crippen molar-refractivity contribution >= 4 is 17.5 Å². The summed E-state index contributed by atoms with van der Waals surface area (Å²) < 4.78 is 12.0. The van der Waals surface area contributed by atoms with Gasteiger partial charge in [0.25, 0.3) is 0 Å². The number of terminal acetylenes is 1. The molecule has 5 aliphatic rings. The number of cyclic esters (lactones) is 1. The van der Waals surface area contributed by atoms with Crippen molar-refractivity contribution in [3.63, 3.8) is 0 Å². The van der Waals surface area contributed by atoms with E-state index in [-0.39, 0.29) is 30.3 Å². The van der Waals surface area contributed by atoms with Crippen LogP contribution in [-0.4, -0.2) is 54.4 Å². The molecule has 1 aromatic heterocycles. The van der Waals surface area contributed by atoms with Crippen molar-refractivity contribution in [2.75, 3.05) is 25.1 Å². The minimum absolute atomic E-state index is 0.0315. The van der Waals surface area contributed by atoms with E-state index in [4.69, 9.17) is 20.9 Å². The molecule has 6 heteroatoms. The van der Waals surface area contributed by atoms with Crippen LogP contribution in [0.1, 0.15) is 64.1 Å². The molecule has 39 heavy (non-hydrogen) atoms. The molecule has 206 valence electrons. The fourth-order valence-corrected chi connectivity index (χ4v) is 7.05. The molecule has 1 saturated carbocycles. The van der Waals surface area contributed by atoms with Gasteiger partial charge in [0.05, 0.1) is 24.4 Å². The lowest BCUT2D eigenvalue weighted by Crippen LogP contribution is -2.39. The summed E-state index contributed by atoms with van der Waals surface area (Å²) in [6, 6.07) is 4.27.